The lowest BCUT2D eigenvalue weighted by molar-refractivity contribution is 0.0589. The summed E-state index contributed by atoms with van der Waals surface area (Å²) in [6.07, 6.45) is 0. The molecule has 0 atom stereocenters. The van der Waals surface area contributed by atoms with Crippen LogP contribution < -0.4 is 5.73 Å². The summed E-state index contributed by atoms with van der Waals surface area (Å²) in [6.45, 7) is 11.7. The number of esters is 1. The van der Waals surface area contributed by atoms with Gasteiger partial charge < -0.3 is 19.5 Å². The van der Waals surface area contributed by atoms with Gasteiger partial charge in [-0.05, 0) is 23.7 Å². The normalized spacial score (nSPS) is 11.9. The van der Waals surface area contributed by atoms with E-state index in [9.17, 15) is 10.1 Å². The Morgan fingerprint density at radius 3 is 2.36 bits per heavy atom. The third kappa shape index (κ3) is 4.13. The molecule has 0 radical (unpaired) electrons. The average Bonchev–Trinajstić information content (AvgIpc) is 2.92. The monoisotopic (exact) mass is 399 g/mol. The number of hydrogen-bond donors (Lipinski definition) is 1. The van der Waals surface area contributed by atoms with Gasteiger partial charge in [-0.15, -0.1) is 0 Å². The number of anilines is 1. The summed E-state index contributed by atoms with van der Waals surface area (Å²) in [7, 11) is -0.644. The molecule has 150 valence electrons. The van der Waals surface area contributed by atoms with Gasteiger partial charge in [-0.1, -0.05) is 51.1 Å². The van der Waals surface area contributed by atoms with Crippen molar-refractivity contribution >= 4 is 20.0 Å². The van der Waals surface area contributed by atoms with Crippen LogP contribution in [0.1, 0.15) is 36.8 Å². The van der Waals surface area contributed by atoms with E-state index >= 15 is 0 Å². The van der Waals surface area contributed by atoms with Crippen molar-refractivity contribution in [2.45, 2.75) is 45.4 Å². The number of carbonyl (C=O) groups is 1. The van der Waals surface area contributed by atoms with Crippen LogP contribution in [0.3, 0.4) is 0 Å². The lowest BCUT2D eigenvalue weighted by Gasteiger charge is -2.36. The Kier molecular flexibility index (Phi) is 6.37. The van der Waals surface area contributed by atoms with E-state index in [1.165, 1.54) is 7.11 Å². The van der Waals surface area contributed by atoms with Crippen LogP contribution >= 0.6 is 0 Å². The van der Waals surface area contributed by atoms with Crippen molar-refractivity contribution < 1.29 is 14.0 Å². The Labute approximate surface area is 168 Å². The topological polar surface area (TPSA) is 90.3 Å². The number of methoxy groups -OCH3 is 1. The number of benzene rings is 1. The van der Waals surface area contributed by atoms with Gasteiger partial charge in [0.05, 0.1) is 25.1 Å². The van der Waals surface area contributed by atoms with Crippen LogP contribution in [0, 0.1) is 11.3 Å². The van der Waals surface area contributed by atoms with Crippen molar-refractivity contribution in [1.29, 1.82) is 5.26 Å². The van der Waals surface area contributed by atoms with Crippen molar-refractivity contribution in [2.75, 3.05) is 19.5 Å². The SMILES string of the molecule is COC(=O)c1c(N)c(C#N)c(-c2ccccc2)n1CCO[Si](C)(C)C(C)(C)C. The second-order valence-corrected chi connectivity index (χ2v) is 13.0. The number of aromatic nitrogens is 1. The first-order valence-electron chi connectivity index (χ1n) is 9.25. The molecule has 1 aromatic carbocycles. The third-order valence-corrected chi connectivity index (χ3v) is 9.96. The number of nitrogens with zero attached hydrogens (tertiary/aromatic N) is 2. The number of hydrogen-bond acceptors (Lipinski definition) is 5. The molecule has 0 amide bonds. The summed E-state index contributed by atoms with van der Waals surface area (Å²) in [5.74, 6) is -0.566. The number of ether oxygens (including phenoxy) is 1. The molecule has 2 N–H and O–H groups in total. The molecule has 0 fully saturated rings. The molecular weight excluding hydrogens is 370 g/mol. The highest BCUT2D eigenvalue weighted by Crippen LogP contribution is 2.37. The molecular formula is C21H29N3O3Si. The first-order valence-corrected chi connectivity index (χ1v) is 12.2. The highest BCUT2D eigenvalue weighted by atomic mass is 28.4. The summed E-state index contributed by atoms with van der Waals surface area (Å²) in [4.78, 5) is 12.4. The van der Waals surface area contributed by atoms with E-state index in [0.717, 1.165) is 5.56 Å². The zero-order valence-electron chi connectivity index (χ0n) is 17.5. The molecule has 6 nitrogen and oxygen atoms in total. The first kappa shape index (κ1) is 21.7. The first-order chi connectivity index (χ1) is 13.0. The minimum absolute atomic E-state index is 0.0774. The molecule has 1 heterocycles. The summed E-state index contributed by atoms with van der Waals surface area (Å²) < 4.78 is 13.0. The van der Waals surface area contributed by atoms with Crippen LogP contribution in [0.15, 0.2) is 30.3 Å². The van der Waals surface area contributed by atoms with E-state index in [-0.39, 0.29) is 22.0 Å². The highest BCUT2D eigenvalue weighted by molar-refractivity contribution is 6.74. The fourth-order valence-electron chi connectivity index (χ4n) is 2.80. The third-order valence-electron chi connectivity index (χ3n) is 5.42. The molecule has 0 unspecified atom stereocenters. The second kappa shape index (κ2) is 8.21. The Morgan fingerprint density at radius 2 is 1.86 bits per heavy atom. The van der Waals surface area contributed by atoms with Gasteiger partial charge in [-0.25, -0.2) is 4.79 Å². The van der Waals surface area contributed by atoms with Crippen molar-refractivity contribution in [3.05, 3.63) is 41.6 Å². The maximum absolute atomic E-state index is 12.4. The van der Waals surface area contributed by atoms with E-state index in [2.05, 4.69) is 39.9 Å². The molecule has 1 aromatic heterocycles. The van der Waals surface area contributed by atoms with Crippen LogP contribution in [-0.2, 0) is 15.7 Å². The van der Waals surface area contributed by atoms with Gasteiger partial charge in [0, 0.05) is 6.54 Å². The van der Waals surface area contributed by atoms with Crippen LogP contribution in [0.4, 0.5) is 5.69 Å². The molecule has 0 aliphatic heterocycles. The Morgan fingerprint density at radius 1 is 1.25 bits per heavy atom. The van der Waals surface area contributed by atoms with E-state index in [1.807, 2.05) is 30.3 Å². The van der Waals surface area contributed by atoms with Gasteiger partial charge in [0.2, 0.25) is 0 Å². The van der Waals surface area contributed by atoms with Gasteiger partial charge in [0.25, 0.3) is 0 Å². The minimum atomic E-state index is -1.95. The van der Waals surface area contributed by atoms with Gasteiger partial charge in [-0.3, -0.25) is 0 Å². The number of nitriles is 1. The fraction of sp³-hybridized carbons (Fsp3) is 0.429. The Balaban J connectivity index is 2.52. The number of nitrogens with two attached hydrogens (primary N) is 1. The Bertz CT molecular complexity index is 890. The van der Waals surface area contributed by atoms with Gasteiger partial charge in [0.1, 0.15) is 11.6 Å². The van der Waals surface area contributed by atoms with Crippen molar-refractivity contribution in [1.82, 2.24) is 4.57 Å². The molecule has 0 spiro atoms. The minimum Gasteiger partial charge on any atom is -0.464 e. The second-order valence-electron chi connectivity index (χ2n) is 8.22. The summed E-state index contributed by atoms with van der Waals surface area (Å²) in [6, 6.07) is 11.6. The average molecular weight is 400 g/mol. The summed E-state index contributed by atoms with van der Waals surface area (Å²) in [5.41, 5.74) is 8.21. The molecule has 2 rings (SSSR count). The van der Waals surface area contributed by atoms with Crippen LogP contribution in [0.25, 0.3) is 11.3 Å². The van der Waals surface area contributed by atoms with Crippen molar-refractivity contribution in [3.8, 4) is 17.3 Å². The quantitative estimate of drug-likeness (QED) is 0.574. The van der Waals surface area contributed by atoms with Crippen molar-refractivity contribution in [3.63, 3.8) is 0 Å². The van der Waals surface area contributed by atoms with Crippen molar-refractivity contribution in [2.24, 2.45) is 0 Å². The van der Waals surface area contributed by atoms with E-state index < -0.39 is 14.3 Å². The lowest BCUT2D eigenvalue weighted by Crippen LogP contribution is -2.41. The summed E-state index contributed by atoms with van der Waals surface area (Å²) in [5, 5.41) is 9.77. The van der Waals surface area contributed by atoms with Crippen LogP contribution in [-0.4, -0.2) is 32.6 Å². The predicted octanol–water partition coefficient (Wildman–Crippen LogP) is 4.42. The zero-order valence-corrected chi connectivity index (χ0v) is 18.5. The number of carbonyl (C=O) groups excluding carboxylic acids is 1. The lowest BCUT2D eigenvalue weighted by atomic mass is 10.1. The predicted molar refractivity (Wildman–Crippen MR) is 113 cm³/mol. The van der Waals surface area contributed by atoms with Gasteiger partial charge >= 0.3 is 5.97 Å². The molecule has 0 saturated heterocycles. The maximum Gasteiger partial charge on any atom is 0.356 e. The number of nitrogen functional groups attached to an aromatic ring is 1. The fourth-order valence-corrected chi connectivity index (χ4v) is 3.83. The molecule has 0 bridgehead atoms. The van der Waals surface area contributed by atoms with Gasteiger partial charge in [0.15, 0.2) is 14.0 Å². The number of rotatable bonds is 6. The largest absolute Gasteiger partial charge is 0.464 e. The highest BCUT2D eigenvalue weighted by Gasteiger charge is 2.37. The molecule has 0 aliphatic carbocycles. The molecule has 28 heavy (non-hydrogen) atoms. The van der Waals surface area contributed by atoms with Gasteiger partial charge in [-0.2, -0.15) is 5.26 Å². The molecule has 0 aliphatic rings. The smallest absolute Gasteiger partial charge is 0.356 e. The Hall–Kier alpha value is -2.56. The van der Waals surface area contributed by atoms with E-state index in [1.54, 1.807) is 4.57 Å². The maximum atomic E-state index is 12.4. The summed E-state index contributed by atoms with van der Waals surface area (Å²) >= 11 is 0. The van der Waals surface area contributed by atoms with E-state index in [0.29, 0.717) is 18.8 Å². The molecule has 0 saturated carbocycles. The molecule has 2 aromatic rings. The van der Waals surface area contributed by atoms with Crippen LogP contribution in [0.2, 0.25) is 18.1 Å². The van der Waals surface area contributed by atoms with Crippen LogP contribution in [0.5, 0.6) is 0 Å². The molecule has 7 heteroatoms. The van der Waals surface area contributed by atoms with E-state index in [4.69, 9.17) is 14.9 Å². The zero-order chi connectivity index (χ0) is 21.1. The standard InChI is InChI=1S/C21H29N3O3Si/c1-21(2,3)28(5,6)27-13-12-24-18(15-10-8-7-9-11-15)16(14-22)17(23)19(24)20(25)26-4/h7-11H,12-13,23H2,1-6H3.